The first-order chi connectivity index (χ1) is 9.69. The minimum Gasteiger partial charge on any atom is -0.308 e. The monoisotopic (exact) mass is 396 g/mol. The van der Waals surface area contributed by atoms with Crippen molar-refractivity contribution in [3.63, 3.8) is 0 Å². The predicted molar refractivity (Wildman–Crippen MR) is 90.8 cm³/mol. The molecule has 2 nitrogen and oxygen atoms in total. The fourth-order valence-corrected chi connectivity index (χ4v) is 2.77. The van der Waals surface area contributed by atoms with Crippen molar-refractivity contribution in [2.75, 3.05) is 6.54 Å². The topological polar surface area (TPSA) is 24.9 Å². The summed E-state index contributed by atoms with van der Waals surface area (Å²) in [6.45, 7) is 3.18. The minimum absolute atomic E-state index is 0.248. The molecule has 20 heavy (non-hydrogen) atoms. The van der Waals surface area contributed by atoms with Crippen LogP contribution in [0.1, 0.15) is 30.6 Å². The molecule has 0 aliphatic carbocycles. The number of pyridine rings is 1. The first-order valence-corrected chi connectivity index (χ1v) is 8.37. The number of nitrogens with zero attached hydrogens (tertiary/aromatic N) is 1. The van der Waals surface area contributed by atoms with Crippen molar-refractivity contribution in [3.8, 4) is 0 Å². The van der Waals surface area contributed by atoms with Gasteiger partial charge in [-0.25, -0.2) is 0 Å². The maximum Gasteiger partial charge on any atom is 0.0577 e. The summed E-state index contributed by atoms with van der Waals surface area (Å²) in [7, 11) is 0. The highest BCUT2D eigenvalue weighted by atomic mass is 79.9. The van der Waals surface area contributed by atoms with Crippen LogP contribution in [0.15, 0.2) is 51.5 Å². The summed E-state index contributed by atoms with van der Waals surface area (Å²) >= 11 is 6.96. The number of rotatable bonds is 6. The Morgan fingerprint density at radius 2 is 2.00 bits per heavy atom. The van der Waals surface area contributed by atoms with Crippen LogP contribution in [-0.2, 0) is 6.42 Å². The van der Waals surface area contributed by atoms with Crippen LogP contribution >= 0.6 is 31.9 Å². The number of nitrogens with one attached hydrogen (secondary N) is 1. The van der Waals surface area contributed by atoms with Crippen LogP contribution in [0.4, 0.5) is 0 Å². The standard InChI is InChI=1S/C16H18Br2N2/c1-2-8-19-16(15-7-6-14(18)11-20-15)10-12-4-3-5-13(17)9-12/h3-7,9,11,16,19H,2,8,10H2,1H3. The Bertz CT molecular complexity index is 540. The van der Waals surface area contributed by atoms with E-state index in [1.807, 2.05) is 12.3 Å². The molecule has 1 aromatic heterocycles. The molecule has 0 saturated carbocycles. The van der Waals surface area contributed by atoms with Gasteiger partial charge in [0.05, 0.1) is 11.7 Å². The lowest BCUT2D eigenvalue weighted by atomic mass is 10.0. The van der Waals surface area contributed by atoms with Gasteiger partial charge in [-0.15, -0.1) is 0 Å². The molecular formula is C16H18Br2N2. The second kappa shape index (κ2) is 7.91. The summed E-state index contributed by atoms with van der Waals surface area (Å²) in [5, 5.41) is 3.58. The Morgan fingerprint density at radius 1 is 1.15 bits per heavy atom. The lowest BCUT2D eigenvalue weighted by Gasteiger charge is -2.18. The number of benzene rings is 1. The van der Waals surface area contributed by atoms with Crippen molar-refractivity contribution in [3.05, 3.63) is 62.8 Å². The quantitative estimate of drug-likeness (QED) is 0.750. The van der Waals surface area contributed by atoms with Crippen LogP contribution in [0.3, 0.4) is 0 Å². The lowest BCUT2D eigenvalue weighted by molar-refractivity contribution is 0.517. The van der Waals surface area contributed by atoms with Crippen molar-refractivity contribution in [2.24, 2.45) is 0 Å². The maximum absolute atomic E-state index is 4.53. The average molecular weight is 398 g/mol. The van der Waals surface area contributed by atoms with Gasteiger partial charge in [-0.2, -0.15) is 0 Å². The predicted octanol–water partition coefficient (Wildman–Crippen LogP) is 4.89. The van der Waals surface area contributed by atoms with Crippen LogP contribution < -0.4 is 5.32 Å². The molecule has 2 aromatic rings. The average Bonchev–Trinajstić information content (AvgIpc) is 2.44. The second-order valence-electron chi connectivity index (χ2n) is 4.74. The molecule has 0 spiro atoms. The molecule has 0 radical (unpaired) electrons. The molecule has 0 fully saturated rings. The fourth-order valence-electron chi connectivity index (χ4n) is 2.09. The molecule has 0 amide bonds. The third-order valence-corrected chi connectivity index (χ3v) is 4.04. The van der Waals surface area contributed by atoms with E-state index in [4.69, 9.17) is 0 Å². The summed E-state index contributed by atoms with van der Waals surface area (Å²) in [6, 6.07) is 12.8. The zero-order chi connectivity index (χ0) is 14.4. The van der Waals surface area contributed by atoms with Gasteiger partial charge < -0.3 is 5.32 Å². The molecule has 1 unspecified atom stereocenters. The van der Waals surface area contributed by atoms with E-state index in [0.29, 0.717) is 0 Å². The zero-order valence-electron chi connectivity index (χ0n) is 11.4. The van der Waals surface area contributed by atoms with Crippen LogP contribution in [0.2, 0.25) is 0 Å². The lowest BCUT2D eigenvalue weighted by Crippen LogP contribution is -2.25. The van der Waals surface area contributed by atoms with Crippen LogP contribution in [0.5, 0.6) is 0 Å². The maximum atomic E-state index is 4.53. The van der Waals surface area contributed by atoms with E-state index < -0.39 is 0 Å². The first-order valence-electron chi connectivity index (χ1n) is 6.78. The number of halogens is 2. The van der Waals surface area contributed by atoms with Crippen LogP contribution in [0.25, 0.3) is 0 Å². The third-order valence-electron chi connectivity index (χ3n) is 3.08. The van der Waals surface area contributed by atoms with E-state index in [9.17, 15) is 0 Å². The smallest absolute Gasteiger partial charge is 0.0577 e. The summed E-state index contributed by atoms with van der Waals surface area (Å²) < 4.78 is 2.13. The molecule has 2 rings (SSSR count). The van der Waals surface area contributed by atoms with Crippen LogP contribution in [0, 0.1) is 0 Å². The van der Waals surface area contributed by atoms with Gasteiger partial charge in [-0.3, -0.25) is 4.98 Å². The molecule has 0 saturated heterocycles. The Balaban J connectivity index is 2.16. The van der Waals surface area contributed by atoms with Gasteiger partial charge in [0.2, 0.25) is 0 Å². The van der Waals surface area contributed by atoms with Crippen LogP contribution in [-0.4, -0.2) is 11.5 Å². The van der Waals surface area contributed by atoms with Crippen molar-refractivity contribution in [2.45, 2.75) is 25.8 Å². The van der Waals surface area contributed by atoms with Crippen molar-refractivity contribution < 1.29 is 0 Å². The van der Waals surface area contributed by atoms with Crippen molar-refractivity contribution in [1.82, 2.24) is 10.3 Å². The normalized spacial score (nSPS) is 12.3. The molecule has 0 bridgehead atoms. The van der Waals surface area contributed by atoms with E-state index in [1.165, 1.54) is 5.56 Å². The van der Waals surface area contributed by atoms with Gasteiger partial charge in [0, 0.05) is 15.1 Å². The van der Waals surface area contributed by atoms with E-state index in [1.54, 1.807) is 0 Å². The SMILES string of the molecule is CCCNC(Cc1cccc(Br)c1)c1ccc(Br)cn1. The molecule has 0 aliphatic rings. The highest BCUT2D eigenvalue weighted by Crippen LogP contribution is 2.20. The number of aromatic nitrogens is 1. The second-order valence-corrected chi connectivity index (χ2v) is 6.57. The van der Waals surface area contributed by atoms with E-state index in [-0.39, 0.29) is 6.04 Å². The molecule has 106 valence electrons. The van der Waals surface area contributed by atoms with Gasteiger partial charge in [-0.05, 0) is 65.1 Å². The van der Waals surface area contributed by atoms with Crippen molar-refractivity contribution in [1.29, 1.82) is 0 Å². The molecule has 1 atom stereocenters. The highest BCUT2D eigenvalue weighted by molar-refractivity contribution is 9.10. The van der Waals surface area contributed by atoms with E-state index in [2.05, 4.69) is 79.4 Å². The Morgan fingerprint density at radius 3 is 2.65 bits per heavy atom. The molecule has 4 heteroatoms. The van der Waals surface area contributed by atoms with E-state index >= 15 is 0 Å². The fraction of sp³-hybridized carbons (Fsp3) is 0.312. The number of hydrogen-bond donors (Lipinski definition) is 1. The molecular weight excluding hydrogens is 380 g/mol. The van der Waals surface area contributed by atoms with Crippen molar-refractivity contribution >= 4 is 31.9 Å². The van der Waals surface area contributed by atoms with Gasteiger partial charge in [0.25, 0.3) is 0 Å². The molecule has 1 heterocycles. The molecule has 0 aliphatic heterocycles. The minimum atomic E-state index is 0.248. The highest BCUT2D eigenvalue weighted by Gasteiger charge is 2.13. The van der Waals surface area contributed by atoms with Gasteiger partial charge in [0.1, 0.15) is 0 Å². The largest absolute Gasteiger partial charge is 0.308 e. The summed E-state index contributed by atoms with van der Waals surface area (Å²) in [5.41, 5.74) is 2.39. The molecule has 1 N–H and O–H groups in total. The van der Waals surface area contributed by atoms with E-state index in [0.717, 1.165) is 34.0 Å². The number of hydrogen-bond acceptors (Lipinski definition) is 2. The van der Waals surface area contributed by atoms with Gasteiger partial charge in [-0.1, -0.05) is 35.0 Å². The Labute approximate surface area is 137 Å². The summed E-state index contributed by atoms with van der Waals surface area (Å²) in [6.07, 6.45) is 3.91. The summed E-state index contributed by atoms with van der Waals surface area (Å²) in [5.74, 6) is 0. The Hall–Kier alpha value is -0.710. The Kier molecular flexibility index (Phi) is 6.20. The first kappa shape index (κ1) is 15.7. The van der Waals surface area contributed by atoms with Gasteiger partial charge >= 0.3 is 0 Å². The third kappa shape index (κ3) is 4.69. The zero-order valence-corrected chi connectivity index (χ0v) is 14.6. The van der Waals surface area contributed by atoms with Gasteiger partial charge in [0.15, 0.2) is 0 Å². The molecule has 1 aromatic carbocycles. The summed E-state index contributed by atoms with van der Waals surface area (Å²) in [4.78, 5) is 4.53.